The molecule has 0 aliphatic carbocycles. The highest BCUT2D eigenvalue weighted by atomic mass is 79.9. The van der Waals surface area contributed by atoms with Crippen LogP contribution in [0.25, 0.3) is 0 Å². The van der Waals surface area contributed by atoms with Gasteiger partial charge in [-0.05, 0) is 22.0 Å². The predicted molar refractivity (Wildman–Crippen MR) is 56.3 cm³/mol. The van der Waals surface area contributed by atoms with Crippen LogP contribution in [0.4, 0.5) is 19.0 Å². The van der Waals surface area contributed by atoms with Crippen molar-refractivity contribution in [2.45, 2.75) is 6.18 Å². The van der Waals surface area contributed by atoms with Crippen molar-refractivity contribution in [2.75, 3.05) is 19.0 Å². The lowest BCUT2D eigenvalue weighted by Crippen LogP contribution is -2.14. The van der Waals surface area contributed by atoms with Crippen molar-refractivity contribution >= 4 is 33.3 Å². The van der Waals surface area contributed by atoms with Crippen LogP contribution < -0.4 is 4.90 Å². The molecule has 0 bridgehead atoms. The minimum atomic E-state index is -4.45. The molecular weight excluding hydrogens is 296 g/mol. The van der Waals surface area contributed by atoms with E-state index in [0.29, 0.717) is 0 Å². The summed E-state index contributed by atoms with van der Waals surface area (Å²) < 4.78 is 37.4. The van der Waals surface area contributed by atoms with E-state index in [9.17, 15) is 13.2 Å². The second kappa shape index (κ2) is 4.17. The molecule has 0 aliphatic rings. The maximum absolute atomic E-state index is 12.5. The van der Waals surface area contributed by atoms with E-state index < -0.39 is 11.7 Å². The monoisotopic (exact) mass is 302 g/mol. The van der Waals surface area contributed by atoms with Crippen molar-refractivity contribution in [3.05, 3.63) is 21.3 Å². The summed E-state index contributed by atoms with van der Waals surface area (Å²) in [5.74, 6) is 0.163. The fourth-order valence-corrected chi connectivity index (χ4v) is 1.54. The molecule has 7 heteroatoms. The van der Waals surface area contributed by atoms with E-state index in [0.717, 1.165) is 6.07 Å². The van der Waals surface area contributed by atoms with Crippen molar-refractivity contribution < 1.29 is 13.2 Å². The highest BCUT2D eigenvalue weighted by molar-refractivity contribution is 9.10. The van der Waals surface area contributed by atoms with Gasteiger partial charge in [0, 0.05) is 14.1 Å². The summed E-state index contributed by atoms with van der Waals surface area (Å²) >= 11 is 8.35. The van der Waals surface area contributed by atoms with E-state index in [-0.39, 0.29) is 15.4 Å². The van der Waals surface area contributed by atoms with E-state index in [2.05, 4.69) is 20.9 Å². The fourth-order valence-electron chi connectivity index (χ4n) is 0.921. The zero-order valence-corrected chi connectivity index (χ0v) is 10.2. The molecule has 15 heavy (non-hydrogen) atoms. The molecule has 1 aromatic heterocycles. The molecule has 1 rings (SSSR count). The van der Waals surface area contributed by atoms with E-state index in [1.165, 1.54) is 4.90 Å². The third-order valence-electron chi connectivity index (χ3n) is 1.67. The first-order chi connectivity index (χ1) is 6.73. The van der Waals surface area contributed by atoms with Gasteiger partial charge in [0.1, 0.15) is 11.0 Å². The Morgan fingerprint density at radius 3 is 2.33 bits per heavy atom. The average molecular weight is 304 g/mol. The van der Waals surface area contributed by atoms with Gasteiger partial charge in [-0.25, -0.2) is 4.98 Å². The summed E-state index contributed by atoms with van der Waals surface area (Å²) in [4.78, 5) is 5.24. The highest BCUT2D eigenvalue weighted by Crippen LogP contribution is 2.39. The first-order valence-electron chi connectivity index (χ1n) is 3.84. The van der Waals surface area contributed by atoms with E-state index in [4.69, 9.17) is 11.6 Å². The van der Waals surface area contributed by atoms with Gasteiger partial charge in [-0.15, -0.1) is 0 Å². The van der Waals surface area contributed by atoms with Gasteiger partial charge in [0.25, 0.3) is 0 Å². The number of halogens is 5. The van der Waals surface area contributed by atoms with Gasteiger partial charge in [0.2, 0.25) is 0 Å². The molecule has 84 valence electrons. The van der Waals surface area contributed by atoms with Gasteiger partial charge in [-0.1, -0.05) is 11.6 Å². The summed E-state index contributed by atoms with van der Waals surface area (Å²) in [6.07, 6.45) is -4.45. The van der Waals surface area contributed by atoms with Crippen molar-refractivity contribution in [2.24, 2.45) is 0 Å². The van der Waals surface area contributed by atoms with E-state index in [1.807, 2.05) is 0 Å². The van der Waals surface area contributed by atoms with Crippen LogP contribution in [0.1, 0.15) is 5.56 Å². The molecule has 0 aliphatic heterocycles. The van der Waals surface area contributed by atoms with E-state index >= 15 is 0 Å². The lowest BCUT2D eigenvalue weighted by Gasteiger charge is -2.16. The van der Waals surface area contributed by atoms with Gasteiger partial charge in [0.05, 0.1) is 10.0 Å². The Labute approximate surface area is 98.2 Å². The van der Waals surface area contributed by atoms with Crippen molar-refractivity contribution in [1.29, 1.82) is 0 Å². The standard InChI is InChI=1S/C8H7BrClF3N2/c1-15(2)5-3-4(8(11,12)13)6(9)7(10)14-5/h3H,1-2H3. The molecule has 0 saturated heterocycles. The molecule has 2 nitrogen and oxygen atoms in total. The average Bonchev–Trinajstić information content (AvgIpc) is 2.06. The van der Waals surface area contributed by atoms with Crippen molar-refractivity contribution in [3.8, 4) is 0 Å². The summed E-state index contributed by atoms with van der Waals surface area (Å²) in [7, 11) is 3.18. The van der Waals surface area contributed by atoms with Crippen LogP contribution in [0.3, 0.4) is 0 Å². The third-order valence-corrected chi connectivity index (χ3v) is 2.97. The largest absolute Gasteiger partial charge is 0.417 e. The Bertz CT molecular complexity index is 379. The van der Waals surface area contributed by atoms with Gasteiger partial charge >= 0.3 is 6.18 Å². The number of alkyl halides is 3. The molecule has 0 atom stereocenters. The summed E-state index contributed by atoms with van der Waals surface area (Å²) in [5.41, 5.74) is -0.828. The number of hydrogen-bond acceptors (Lipinski definition) is 2. The Kier molecular flexibility index (Phi) is 3.50. The molecule has 0 N–H and O–H groups in total. The molecule has 0 radical (unpaired) electrons. The van der Waals surface area contributed by atoms with Crippen LogP contribution in [-0.2, 0) is 6.18 Å². The molecule has 0 saturated carbocycles. The second-order valence-electron chi connectivity index (χ2n) is 3.02. The van der Waals surface area contributed by atoms with Gasteiger partial charge in [-0.3, -0.25) is 0 Å². The number of pyridine rings is 1. The SMILES string of the molecule is CN(C)c1cc(C(F)(F)F)c(Br)c(Cl)n1. The Balaban J connectivity index is 3.38. The maximum Gasteiger partial charge on any atom is 0.417 e. The fraction of sp³-hybridized carbons (Fsp3) is 0.375. The normalized spacial score (nSPS) is 11.7. The van der Waals surface area contributed by atoms with Crippen molar-refractivity contribution in [3.63, 3.8) is 0 Å². The molecule has 0 spiro atoms. The zero-order valence-electron chi connectivity index (χ0n) is 7.86. The lowest BCUT2D eigenvalue weighted by molar-refractivity contribution is -0.138. The highest BCUT2D eigenvalue weighted by Gasteiger charge is 2.35. The smallest absolute Gasteiger partial charge is 0.363 e. The van der Waals surface area contributed by atoms with Gasteiger partial charge in [0.15, 0.2) is 0 Å². The summed E-state index contributed by atoms with van der Waals surface area (Å²) in [6, 6.07) is 0.940. The Hall–Kier alpha value is -0.490. The molecular formula is C8H7BrClF3N2. The number of aromatic nitrogens is 1. The van der Waals surface area contributed by atoms with Crippen LogP contribution in [-0.4, -0.2) is 19.1 Å². The molecule has 0 amide bonds. The first-order valence-corrected chi connectivity index (χ1v) is 5.01. The van der Waals surface area contributed by atoms with Crippen LogP contribution in [0.5, 0.6) is 0 Å². The lowest BCUT2D eigenvalue weighted by atomic mass is 10.2. The molecule has 0 fully saturated rings. The first kappa shape index (κ1) is 12.6. The molecule has 0 unspecified atom stereocenters. The van der Waals surface area contributed by atoms with Gasteiger partial charge in [-0.2, -0.15) is 13.2 Å². The molecule has 1 aromatic rings. The quantitative estimate of drug-likeness (QED) is 0.737. The topological polar surface area (TPSA) is 16.1 Å². The number of anilines is 1. The Morgan fingerprint density at radius 1 is 1.40 bits per heavy atom. The third kappa shape index (κ3) is 2.75. The Morgan fingerprint density at radius 2 is 1.93 bits per heavy atom. The number of hydrogen-bond donors (Lipinski definition) is 0. The molecule has 1 heterocycles. The van der Waals surface area contributed by atoms with E-state index in [1.54, 1.807) is 14.1 Å². The minimum absolute atomic E-state index is 0.163. The number of nitrogens with zero attached hydrogens (tertiary/aromatic N) is 2. The zero-order chi connectivity index (χ0) is 11.8. The summed E-state index contributed by atoms with van der Waals surface area (Å²) in [5, 5.41) is -0.200. The molecule has 0 aromatic carbocycles. The van der Waals surface area contributed by atoms with Gasteiger partial charge < -0.3 is 4.90 Å². The number of rotatable bonds is 1. The van der Waals surface area contributed by atoms with Crippen LogP contribution >= 0.6 is 27.5 Å². The predicted octanol–water partition coefficient (Wildman–Crippen LogP) is 3.58. The minimum Gasteiger partial charge on any atom is -0.363 e. The van der Waals surface area contributed by atoms with Crippen molar-refractivity contribution in [1.82, 2.24) is 4.98 Å². The second-order valence-corrected chi connectivity index (χ2v) is 4.18. The van der Waals surface area contributed by atoms with Crippen LogP contribution in [0.15, 0.2) is 10.5 Å². The van der Waals surface area contributed by atoms with Crippen LogP contribution in [0.2, 0.25) is 5.15 Å². The summed E-state index contributed by atoms with van der Waals surface area (Å²) in [6.45, 7) is 0. The van der Waals surface area contributed by atoms with Crippen LogP contribution in [0, 0.1) is 0 Å². The maximum atomic E-state index is 12.5.